The minimum Gasteiger partial charge on any atom is -0.462 e. The zero-order valence-corrected chi connectivity index (χ0v) is 18.4. The Balaban J connectivity index is 4.78. The standard InChI is InChI=1S/C14H32O5Si3/c1-13(2)14(15)17-11-10-12-22(16-3,18-20(4,5)6)19-21(7,8)9/h1,10-12H2,2-9H3. The summed E-state index contributed by atoms with van der Waals surface area (Å²) in [5.41, 5.74) is 0.409. The van der Waals surface area contributed by atoms with Gasteiger partial charge in [0.15, 0.2) is 16.6 Å². The normalized spacial score (nSPS) is 13.1. The molecule has 0 aromatic carbocycles. The maximum Gasteiger partial charge on any atom is 0.479 e. The Kier molecular flexibility index (Phi) is 8.45. The molecule has 0 unspecified atom stereocenters. The summed E-state index contributed by atoms with van der Waals surface area (Å²) < 4.78 is 23.5. The Labute approximate surface area is 138 Å². The average Bonchev–Trinajstić information content (AvgIpc) is 2.29. The van der Waals surface area contributed by atoms with Gasteiger partial charge in [0.2, 0.25) is 0 Å². The summed E-state index contributed by atoms with van der Waals surface area (Å²) in [4.78, 5) is 11.4. The Morgan fingerprint density at radius 1 is 1.00 bits per heavy atom. The second-order valence-corrected chi connectivity index (χ2v) is 19.7. The fraction of sp³-hybridized carbons (Fsp3) is 0.786. The van der Waals surface area contributed by atoms with Crippen LogP contribution in [0.2, 0.25) is 45.3 Å². The monoisotopic (exact) mass is 364 g/mol. The van der Waals surface area contributed by atoms with E-state index in [0.717, 1.165) is 0 Å². The van der Waals surface area contributed by atoms with Crippen molar-refractivity contribution in [3.63, 3.8) is 0 Å². The van der Waals surface area contributed by atoms with Gasteiger partial charge in [0.05, 0.1) is 6.61 Å². The SMILES string of the molecule is C=C(C)C(=O)OCCC[Si](OC)(O[Si](C)(C)C)O[Si](C)(C)C. The molecule has 0 saturated carbocycles. The van der Waals surface area contributed by atoms with E-state index in [1.165, 1.54) is 0 Å². The molecule has 0 spiro atoms. The van der Waals surface area contributed by atoms with Crippen molar-refractivity contribution in [1.82, 2.24) is 0 Å². The number of ether oxygens (including phenoxy) is 1. The van der Waals surface area contributed by atoms with Crippen LogP contribution in [0.15, 0.2) is 12.2 Å². The number of carbonyl (C=O) groups is 1. The van der Waals surface area contributed by atoms with E-state index in [4.69, 9.17) is 17.4 Å². The molecular weight excluding hydrogens is 332 g/mol. The molecule has 0 saturated heterocycles. The van der Waals surface area contributed by atoms with Gasteiger partial charge in [-0.05, 0) is 52.6 Å². The summed E-state index contributed by atoms with van der Waals surface area (Å²) in [6.45, 7) is 18.3. The molecule has 0 fully saturated rings. The van der Waals surface area contributed by atoms with Gasteiger partial charge in [-0.1, -0.05) is 6.58 Å². The molecule has 0 radical (unpaired) electrons. The van der Waals surface area contributed by atoms with Crippen LogP contribution in [0.4, 0.5) is 0 Å². The first-order valence-electron chi connectivity index (χ1n) is 7.58. The smallest absolute Gasteiger partial charge is 0.462 e. The van der Waals surface area contributed by atoms with Crippen molar-refractivity contribution in [3.05, 3.63) is 12.2 Å². The van der Waals surface area contributed by atoms with Crippen LogP contribution in [0.5, 0.6) is 0 Å². The van der Waals surface area contributed by atoms with Crippen molar-refractivity contribution in [2.45, 2.75) is 58.7 Å². The highest BCUT2D eigenvalue weighted by molar-refractivity contribution is 6.85. The molecule has 0 N–H and O–H groups in total. The van der Waals surface area contributed by atoms with Gasteiger partial charge in [-0.15, -0.1) is 0 Å². The molecular formula is C14H32O5Si3. The fourth-order valence-electron chi connectivity index (χ4n) is 1.82. The Bertz CT molecular complexity index is 369. The molecule has 130 valence electrons. The van der Waals surface area contributed by atoms with Crippen LogP contribution >= 0.6 is 0 Å². The molecule has 0 aromatic heterocycles. The van der Waals surface area contributed by atoms with Gasteiger partial charge in [0, 0.05) is 18.7 Å². The van der Waals surface area contributed by atoms with Gasteiger partial charge in [0.25, 0.3) is 0 Å². The highest BCUT2D eigenvalue weighted by Gasteiger charge is 2.46. The predicted octanol–water partition coefficient (Wildman–Crippen LogP) is 3.78. The minimum absolute atomic E-state index is 0.327. The van der Waals surface area contributed by atoms with E-state index in [2.05, 4.69) is 45.9 Å². The lowest BCUT2D eigenvalue weighted by atomic mass is 10.4. The number of hydrogen-bond acceptors (Lipinski definition) is 5. The maximum atomic E-state index is 11.4. The van der Waals surface area contributed by atoms with Gasteiger partial charge in [-0.3, -0.25) is 0 Å². The molecule has 0 aliphatic rings. The van der Waals surface area contributed by atoms with Crippen LogP contribution < -0.4 is 0 Å². The first-order valence-corrected chi connectivity index (χ1v) is 16.3. The highest BCUT2D eigenvalue weighted by atomic mass is 28.5. The molecule has 0 rings (SSSR count). The van der Waals surface area contributed by atoms with Crippen LogP contribution in [0, 0.1) is 0 Å². The van der Waals surface area contributed by atoms with E-state index in [1.807, 2.05) is 0 Å². The summed E-state index contributed by atoms with van der Waals surface area (Å²) in [5, 5.41) is 0. The third-order valence-electron chi connectivity index (χ3n) is 2.44. The lowest BCUT2D eigenvalue weighted by molar-refractivity contribution is -0.139. The zero-order chi connectivity index (χ0) is 17.6. The van der Waals surface area contributed by atoms with E-state index < -0.39 is 25.4 Å². The molecule has 0 atom stereocenters. The number of carbonyl (C=O) groups excluding carboxylic acids is 1. The van der Waals surface area contributed by atoms with Crippen LogP contribution in [-0.2, 0) is 22.2 Å². The minimum atomic E-state index is -2.73. The van der Waals surface area contributed by atoms with E-state index in [-0.39, 0.29) is 5.97 Å². The lowest BCUT2D eigenvalue weighted by Gasteiger charge is -2.38. The van der Waals surface area contributed by atoms with Crippen LogP contribution in [0.3, 0.4) is 0 Å². The number of rotatable bonds is 10. The lowest BCUT2D eigenvalue weighted by Crippen LogP contribution is -2.56. The van der Waals surface area contributed by atoms with Crippen LogP contribution in [0.25, 0.3) is 0 Å². The van der Waals surface area contributed by atoms with Gasteiger partial charge < -0.3 is 17.4 Å². The fourth-order valence-corrected chi connectivity index (χ4v) is 12.1. The summed E-state index contributed by atoms with van der Waals surface area (Å²) in [7, 11) is -4.67. The molecule has 0 heterocycles. The first-order chi connectivity index (χ1) is 9.80. The third-order valence-corrected chi connectivity index (χ3v) is 11.4. The van der Waals surface area contributed by atoms with Crippen molar-refractivity contribution >= 4 is 31.4 Å². The number of esters is 1. The van der Waals surface area contributed by atoms with Crippen molar-refractivity contribution in [2.75, 3.05) is 13.7 Å². The summed E-state index contributed by atoms with van der Waals surface area (Å²) >= 11 is 0. The molecule has 0 aliphatic heterocycles. The molecule has 0 aliphatic carbocycles. The molecule has 8 heteroatoms. The molecule has 0 amide bonds. The van der Waals surface area contributed by atoms with Gasteiger partial charge in [-0.2, -0.15) is 0 Å². The summed E-state index contributed by atoms with van der Waals surface area (Å²) in [6, 6.07) is 0.654. The van der Waals surface area contributed by atoms with Crippen LogP contribution in [0.1, 0.15) is 13.3 Å². The number of hydrogen-bond donors (Lipinski definition) is 0. The topological polar surface area (TPSA) is 54.0 Å². The second kappa shape index (κ2) is 8.55. The summed E-state index contributed by atoms with van der Waals surface area (Å²) in [6.07, 6.45) is 0.661. The van der Waals surface area contributed by atoms with Gasteiger partial charge in [0.1, 0.15) is 0 Å². The average molecular weight is 365 g/mol. The van der Waals surface area contributed by atoms with E-state index >= 15 is 0 Å². The molecule has 0 bridgehead atoms. The van der Waals surface area contributed by atoms with Crippen molar-refractivity contribution in [3.8, 4) is 0 Å². The molecule has 0 aromatic rings. The van der Waals surface area contributed by atoms with Gasteiger partial charge >= 0.3 is 14.8 Å². The Morgan fingerprint density at radius 3 is 1.77 bits per heavy atom. The first kappa shape index (κ1) is 21.7. The molecule has 5 nitrogen and oxygen atoms in total. The van der Waals surface area contributed by atoms with E-state index in [9.17, 15) is 4.79 Å². The Hall–Kier alpha value is -0.259. The molecule has 22 heavy (non-hydrogen) atoms. The highest BCUT2D eigenvalue weighted by Crippen LogP contribution is 2.26. The quantitative estimate of drug-likeness (QED) is 0.255. The van der Waals surface area contributed by atoms with Crippen molar-refractivity contribution in [1.29, 1.82) is 0 Å². The maximum absolute atomic E-state index is 11.4. The van der Waals surface area contributed by atoms with Crippen molar-refractivity contribution < 1.29 is 22.2 Å². The Morgan fingerprint density at radius 2 is 1.45 bits per heavy atom. The van der Waals surface area contributed by atoms with Crippen molar-refractivity contribution in [2.24, 2.45) is 0 Å². The second-order valence-electron chi connectivity index (χ2n) is 7.34. The predicted molar refractivity (Wildman–Crippen MR) is 96.8 cm³/mol. The van der Waals surface area contributed by atoms with Gasteiger partial charge in [-0.25, -0.2) is 4.79 Å². The third kappa shape index (κ3) is 9.70. The zero-order valence-electron chi connectivity index (χ0n) is 15.4. The van der Waals surface area contributed by atoms with Crippen LogP contribution in [-0.4, -0.2) is 45.1 Å². The summed E-state index contributed by atoms with van der Waals surface area (Å²) in [5.74, 6) is -0.359. The van der Waals surface area contributed by atoms with E-state index in [1.54, 1.807) is 14.0 Å². The van der Waals surface area contributed by atoms with E-state index in [0.29, 0.717) is 24.6 Å². The largest absolute Gasteiger partial charge is 0.479 e.